The van der Waals surface area contributed by atoms with Crippen molar-refractivity contribution in [1.82, 2.24) is 30.2 Å². The summed E-state index contributed by atoms with van der Waals surface area (Å²) in [6, 6.07) is 0. The quantitative estimate of drug-likeness (QED) is 0.0368. The van der Waals surface area contributed by atoms with Crippen LogP contribution in [0.3, 0.4) is 0 Å². The first-order valence-electron chi connectivity index (χ1n) is 18.4. The number of carbonyl (C=O) groups excluding carboxylic acids is 3. The molecule has 1 aliphatic rings. The first-order chi connectivity index (χ1) is 28.1. The van der Waals surface area contributed by atoms with E-state index < -0.39 is 84.6 Å². The third kappa shape index (κ3) is 17.1. The lowest BCUT2D eigenvalue weighted by Crippen LogP contribution is -2.46. The number of amides is 2. The van der Waals surface area contributed by atoms with E-state index in [1.54, 1.807) is 0 Å². The highest BCUT2D eigenvalue weighted by Gasteiger charge is 2.50. The smallest absolute Gasteiger partial charge is 0.386 e. The van der Waals surface area contributed by atoms with Crippen LogP contribution in [-0.2, 0) is 50.7 Å². The van der Waals surface area contributed by atoms with Crippen LogP contribution in [0, 0.1) is 5.41 Å². The molecule has 28 heteroatoms. The average Bonchev–Trinajstić information content (AvgIpc) is 3.72. The fourth-order valence-electron chi connectivity index (χ4n) is 5.25. The summed E-state index contributed by atoms with van der Waals surface area (Å²) < 4.78 is 62.2. The minimum absolute atomic E-state index is 0.0306. The second kappa shape index (κ2) is 23.5. The Morgan fingerprint density at radius 3 is 2.35 bits per heavy atom. The van der Waals surface area contributed by atoms with Crippen LogP contribution in [0.2, 0.25) is 0 Å². The number of allylic oxidation sites excluding steroid dienone is 4. The molecule has 1 saturated heterocycles. The monoisotopic (exact) mass is 931 g/mol. The van der Waals surface area contributed by atoms with Gasteiger partial charge in [-0.1, -0.05) is 63.3 Å². The van der Waals surface area contributed by atoms with Gasteiger partial charge in [-0.2, -0.15) is 4.31 Å². The van der Waals surface area contributed by atoms with E-state index in [0.29, 0.717) is 5.75 Å². The van der Waals surface area contributed by atoms with Crippen molar-refractivity contribution in [3.05, 3.63) is 37.0 Å². The van der Waals surface area contributed by atoms with E-state index in [-0.39, 0.29) is 48.0 Å². The Bertz CT molecular complexity index is 1960. The number of nitrogens with two attached hydrogens (primary N) is 1. The number of thioether (sulfide) groups is 1. The number of anilines is 1. The number of aromatic nitrogens is 4. The Morgan fingerprint density at radius 2 is 1.67 bits per heavy atom. The predicted octanol–water partition coefficient (Wildman–Crippen LogP) is 1.75. The van der Waals surface area contributed by atoms with Gasteiger partial charge in [-0.15, -0.1) is 0 Å². The van der Waals surface area contributed by atoms with Crippen molar-refractivity contribution in [3.8, 4) is 0 Å². The number of phosphoric acid groups is 3. The molecule has 0 spiro atoms. The molecule has 7 atom stereocenters. The summed E-state index contributed by atoms with van der Waals surface area (Å²) in [4.78, 5) is 87.8. The molecular weight excluding hydrogens is 879 g/mol. The third-order valence-corrected chi connectivity index (χ3v) is 12.3. The summed E-state index contributed by atoms with van der Waals surface area (Å²) in [6.07, 6.45) is 5.28. The second-order valence-corrected chi connectivity index (χ2v) is 19.2. The fourth-order valence-corrected chi connectivity index (χ4v) is 8.72. The highest BCUT2D eigenvalue weighted by molar-refractivity contribution is 8.13. The summed E-state index contributed by atoms with van der Waals surface area (Å²) in [5, 5.41) is 26.4. The normalized spacial score (nSPS) is 21.3. The van der Waals surface area contributed by atoms with E-state index >= 15 is 0 Å². The Labute approximate surface area is 349 Å². The number of aliphatic hydroxyl groups is 2. The number of nitrogens with zero attached hydrogens (tertiary/aromatic N) is 4. The third-order valence-electron chi connectivity index (χ3n) is 8.34. The van der Waals surface area contributed by atoms with E-state index in [1.165, 1.54) is 13.8 Å². The van der Waals surface area contributed by atoms with E-state index in [2.05, 4.69) is 53.5 Å². The summed E-state index contributed by atoms with van der Waals surface area (Å²) in [5.74, 6) is -1.10. The number of rotatable bonds is 26. The Balaban J connectivity index is 1.42. The average molecular weight is 932 g/mol. The van der Waals surface area contributed by atoms with Crippen molar-refractivity contribution in [3.63, 3.8) is 0 Å². The lowest BCUT2D eigenvalue weighted by molar-refractivity contribution is -0.137. The molecule has 2 aromatic rings. The molecule has 0 aromatic carbocycles. The molecule has 0 aliphatic carbocycles. The molecule has 3 rings (SSSR count). The van der Waals surface area contributed by atoms with Crippen molar-refractivity contribution in [1.29, 1.82) is 0 Å². The minimum Gasteiger partial charge on any atom is -0.386 e. The van der Waals surface area contributed by atoms with Crippen molar-refractivity contribution in [2.45, 2.75) is 89.9 Å². The van der Waals surface area contributed by atoms with Gasteiger partial charge in [-0.25, -0.2) is 28.6 Å². The van der Waals surface area contributed by atoms with Gasteiger partial charge in [-0.05, 0) is 19.3 Å². The van der Waals surface area contributed by atoms with Crippen LogP contribution < -0.4 is 16.4 Å². The number of hydrogen-bond donors (Lipinski definition) is 9. The number of phosphoric ester groups is 3. The van der Waals surface area contributed by atoms with E-state index in [0.717, 1.165) is 54.7 Å². The van der Waals surface area contributed by atoms with Crippen molar-refractivity contribution >= 4 is 69.1 Å². The number of nitrogen functional groups attached to an aromatic ring is 1. The number of imidazole rings is 1. The molecule has 1 aliphatic heterocycles. The van der Waals surface area contributed by atoms with Crippen molar-refractivity contribution in [2.75, 3.05) is 37.8 Å². The number of unbranched alkanes of at least 4 members (excludes halogenated alkanes) is 2. The van der Waals surface area contributed by atoms with Crippen molar-refractivity contribution < 1.29 is 80.5 Å². The number of aliphatic hydroxyl groups excluding tert-OH is 2. The molecule has 1 fully saturated rings. The molecule has 60 heavy (non-hydrogen) atoms. The zero-order valence-electron chi connectivity index (χ0n) is 32.9. The molecule has 0 saturated carbocycles. The molecule has 338 valence electrons. The lowest BCUT2D eigenvalue weighted by atomic mass is 9.87. The summed E-state index contributed by atoms with van der Waals surface area (Å²) >= 11 is 1.08. The number of hydrogen-bond acceptors (Lipinski definition) is 18. The largest absolute Gasteiger partial charge is 0.481 e. The lowest BCUT2D eigenvalue weighted by Gasteiger charge is -2.30. The van der Waals surface area contributed by atoms with Gasteiger partial charge in [-0.3, -0.25) is 32.5 Å². The molecule has 3 heterocycles. The molecule has 7 unspecified atom stereocenters. The van der Waals surface area contributed by atoms with E-state index in [9.17, 15) is 57.9 Å². The molecule has 2 aromatic heterocycles. The van der Waals surface area contributed by atoms with Gasteiger partial charge in [0.1, 0.15) is 36.3 Å². The molecule has 0 bridgehead atoms. The maximum atomic E-state index is 12.7. The van der Waals surface area contributed by atoms with Gasteiger partial charge in [0.2, 0.25) is 11.8 Å². The summed E-state index contributed by atoms with van der Waals surface area (Å²) in [7, 11) is -16.4. The van der Waals surface area contributed by atoms with Gasteiger partial charge in [0.05, 0.1) is 19.5 Å². The van der Waals surface area contributed by atoms with Crippen LogP contribution in [0.25, 0.3) is 11.2 Å². The maximum absolute atomic E-state index is 12.7. The first-order valence-corrected chi connectivity index (χ1v) is 23.9. The molecule has 10 N–H and O–H groups in total. The van der Waals surface area contributed by atoms with Crippen LogP contribution in [-0.4, -0.2) is 123 Å². The highest BCUT2D eigenvalue weighted by atomic mass is 32.2. The zero-order valence-corrected chi connectivity index (χ0v) is 36.4. The summed E-state index contributed by atoms with van der Waals surface area (Å²) in [5.41, 5.74) is 4.27. The number of carbonyl (C=O) groups is 3. The highest BCUT2D eigenvalue weighted by Crippen LogP contribution is 2.61. The number of fused-ring (bicyclic) bond motifs is 1. The van der Waals surface area contributed by atoms with Crippen LogP contribution in [0.4, 0.5) is 5.82 Å². The Hall–Kier alpha value is -2.96. The summed E-state index contributed by atoms with van der Waals surface area (Å²) in [6.45, 7) is 2.61. The minimum atomic E-state index is -5.57. The molecular formula is C32H52N7O17P3S. The molecule has 24 nitrogen and oxygen atoms in total. The number of nitrogens with one attached hydrogen (secondary N) is 2. The van der Waals surface area contributed by atoms with Crippen LogP contribution in [0.5, 0.6) is 0 Å². The molecule has 0 radical (unpaired) electrons. The van der Waals surface area contributed by atoms with Gasteiger partial charge in [0.25, 0.3) is 0 Å². The Morgan fingerprint density at radius 1 is 1.00 bits per heavy atom. The van der Waals surface area contributed by atoms with Crippen LogP contribution >= 0.6 is 35.2 Å². The maximum Gasteiger partial charge on any atom is 0.481 e. The van der Waals surface area contributed by atoms with E-state index in [4.69, 9.17) is 19.5 Å². The van der Waals surface area contributed by atoms with E-state index in [1.807, 2.05) is 12.2 Å². The van der Waals surface area contributed by atoms with Gasteiger partial charge in [0, 0.05) is 37.1 Å². The van der Waals surface area contributed by atoms with Gasteiger partial charge in [0.15, 0.2) is 22.8 Å². The second-order valence-electron chi connectivity index (χ2n) is 13.8. The van der Waals surface area contributed by atoms with Gasteiger partial charge < -0.3 is 50.9 Å². The van der Waals surface area contributed by atoms with Crippen LogP contribution in [0.15, 0.2) is 37.0 Å². The first kappa shape index (κ1) is 51.4. The fraction of sp³-hybridized carbons (Fsp3) is 0.625. The zero-order chi connectivity index (χ0) is 44.7. The SMILES string of the molecule is CCC/C=C/CC/C=C/CC(=O)SCCNC(=O)CCNC(=O)C(O)C(C)(C)COP(=O)(O)OP(=O)(O)OCC1OC(n2cnc3c(N)ncnc32)C(O)C1OP(=O)(O)O. The topological polar surface area (TPSA) is 364 Å². The van der Waals surface area contributed by atoms with Gasteiger partial charge >= 0.3 is 23.5 Å². The Kier molecular flexibility index (Phi) is 20.1. The molecule has 2 amide bonds. The standard InChI is InChI=1S/C32H52N7O17P3S/c1-4-5-6-7-8-9-10-11-12-23(41)60-16-15-34-22(40)13-14-35-30(44)27(43)32(2,3)18-53-59(50,51)56-58(48,49)52-17-21-26(55-57(45,46)47)25(42)31(54-21)39-20-38-24-28(33)36-19-37-29(24)39/h6-7,10-11,19-21,25-27,31,42-43H,4-5,8-9,12-18H2,1-3H3,(H,34,40)(H,35,44)(H,48,49)(H,50,51)(H2,33,36,37)(H2,45,46,47)/b7-6+,11-10+. The van der Waals surface area contributed by atoms with Crippen LogP contribution in [0.1, 0.15) is 65.5 Å². The van der Waals surface area contributed by atoms with Crippen molar-refractivity contribution in [2.24, 2.45) is 5.41 Å². The predicted molar refractivity (Wildman–Crippen MR) is 214 cm³/mol. The number of ether oxygens (including phenoxy) is 1.